The van der Waals surface area contributed by atoms with Gasteiger partial charge in [0.2, 0.25) is 0 Å². The van der Waals surface area contributed by atoms with E-state index in [1.165, 1.54) is 0 Å². The lowest BCUT2D eigenvalue weighted by molar-refractivity contribution is 0.139. The summed E-state index contributed by atoms with van der Waals surface area (Å²) in [6, 6.07) is 0. The third kappa shape index (κ3) is 2.60. The molecule has 0 aromatic heterocycles. The molecule has 3 atom stereocenters. The van der Waals surface area contributed by atoms with Gasteiger partial charge < -0.3 is 5.11 Å². The largest absolute Gasteiger partial charge is 0.391 e. The van der Waals surface area contributed by atoms with Crippen LogP contribution in [0, 0.1) is 5.92 Å². The normalized spacial score (nSPS) is 37.7. The molecule has 0 aromatic rings. The van der Waals surface area contributed by atoms with Crippen molar-refractivity contribution in [1.82, 2.24) is 0 Å². The number of aliphatic hydroxyl groups is 1. The second kappa shape index (κ2) is 4.66. The molecule has 78 valence electrons. The Morgan fingerprint density at radius 1 is 1.23 bits per heavy atom. The quantitative estimate of drug-likeness (QED) is 0.730. The molecule has 1 N–H and O–H groups in total. The van der Waals surface area contributed by atoms with Gasteiger partial charge in [-0.15, -0.1) is 0 Å². The lowest BCUT2D eigenvalue weighted by atomic mass is 10.1. The minimum atomic E-state index is -1.11. The van der Waals surface area contributed by atoms with E-state index in [1.807, 2.05) is 13.8 Å². The van der Waals surface area contributed by atoms with Crippen molar-refractivity contribution in [3.63, 3.8) is 0 Å². The smallest absolute Gasteiger partial charge is 0.136 e. The summed E-state index contributed by atoms with van der Waals surface area (Å²) < 4.78 is 22.5. The van der Waals surface area contributed by atoms with Crippen molar-refractivity contribution in [2.45, 2.75) is 31.0 Å². The Labute approximate surface area is 83.8 Å². The highest BCUT2D eigenvalue weighted by Crippen LogP contribution is 2.20. The van der Waals surface area contributed by atoms with E-state index >= 15 is 0 Å². The van der Waals surface area contributed by atoms with E-state index in [1.54, 1.807) is 0 Å². The van der Waals surface area contributed by atoms with Crippen LogP contribution >= 0.6 is 0 Å². The van der Waals surface area contributed by atoms with Crippen LogP contribution in [0.3, 0.4) is 0 Å². The molecule has 1 rings (SSSR count). The lowest BCUT2D eigenvalue weighted by Crippen LogP contribution is -2.42. The van der Waals surface area contributed by atoms with Gasteiger partial charge in [-0.1, -0.05) is 13.8 Å². The number of hydrogen-bond donors (Lipinski definition) is 1. The number of rotatable bonds is 2. The summed E-state index contributed by atoms with van der Waals surface area (Å²) in [5.74, 6) is 1.19. The Balaban J connectivity index is 2.74. The molecule has 0 radical (unpaired) electrons. The zero-order chi connectivity index (χ0) is 10.0. The molecular formula is C8H16O3S2. The minimum absolute atomic E-state index is 0.0241. The average molecular weight is 224 g/mol. The van der Waals surface area contributed by atoms with Crippen LogP contribution in [-0.4, -0.2) is 35.7 Å². The van der Waals surface area contributed by atoms with Crippen molar-refractivity contribution >= 4 is 21.6 Å². The first-order chi connectivity index (χ1) is 6.04. The molecule has 0 aromatic carbocycles. The number of aliphatic hydroxyl groups excluding tert-OH is 1. The zero-order valence-corrected chi connectivity index (χ0v) is 9.57. The third-order valence-corrected chi connectivity index (χ3v) is 6.44. The predicted molar refractivity (Wildman–Crippen MR) is 55.3 cm³/mol. The molecule has 5 heteroatoms. The summed E-state index contributed by atoms with van der Waals surface area (Å²) in [7, 11) is -2.22. The van der Waals surface area contributed by atoms with Gasteiger partial charge in [-0.2, -0.15) is 0 Å². The molecule has 0 amide bonds. The van der Waals surface area contributed by atoms with Gasteiger partial charge in [-0.3, -0.25) is 8.42 Å². The van der Waals surface area contributed by atoms with E-state index in [2.05, 4.69) is 0 Å². The topological polar surface area (TPSA) is 54.4 Å². The van der Waals surface area contributed by atoms with Gasteiger partial charge in [0.05, 0.1) is 6.10 Å². The fourth-order valence-electron chi connectivity index (χ4n) is 1.32. The molecule has 1 saturated heterocycles. The molecule has 1 fully saturated rings. The highest BCUT2D eigenvalue weighted by Gasteiger charge is 2.35. The van der Waals surface area contributed by atoms with Crippen molar-refractivity contribution in [3.05, 3.63) is 0 Å². The highest BCUT2D eigenvalue weighted by atomic mass is 32.2. The Morgan fingerprint density at radius 3 is 2.08 bits per heavy atom. The lowest BCUT2D eigenvalue weighted by Gasteiger charge is -2.27. The number of hydrogen-bond acceptors (Lipinski definition) is 3. The van der Waals surface area contributed by atoms with Crippen LogP contribution < -0.4 is 0 Å². The first-order valence-corrected chi connectivity index (χ1v) is 7.23. The zero-order valence-electron chi connectivity index (χ0n) is 7.93. The van der Waals surface area contributed by atoms with Crippen molar-refractivity contribution in [3.8, 4) is 0 Å². The van der Waals surface area contributed by atoms with Crippen molar-refractivity contribution < 1.29 is 13.5 Å². The second-order valence-electron chi connectivity index (χ2n) is 3.63. The molecule has 2 unspecified atom stereocenters. The minimum Gasteiger partial charge on any atom is -0.391 e. The van der Waals surface area contributed by atoms with Crippen molar-refractivity contribution in [2.24, 2.45) is 5.92 Å². The summed E-state index contributed by atoms with van der Waals surface area (Å²) in [6.07, 6.45) is 0.0579. The van der Waals surface area contributed by atoms with Crippen LogP contribution in [0.15, 0.2) is 0 Å². The van der Waals surface area contributed by atoms with Crippen LogP contribution in [0.1, 0.15) is 20.3 Å². The van der Waals surface area contributed by atoms with Crippen LogP contribution in [0.2, 0.25) is 0 Å². The Bertz CT molecular complexity index is 211. The fraction of sp³-hybridized carbons (Fsp3) is 1.00. The summed E-state index contributed by atoms with van der Waals surface area (Å²) in [6.45, 7) is 3.71. The van der Waals surface area contributed by atoms with Crippen molar-refractivity contribution in [1.29, 1.82) is 0 Å². The molecule has 13 heavy (non-hydrogen) atoms. The van der Waals surface area contributed by atoms with E-state index in [-0.39, 0.29) is 5.92 Å². The SMILES string of the molecule is CC(C)[C@H](O)C1S(=O)CCCS1=O. The van der Waals surface area contributed by atoms with E-state index < -0.39 is 32.3 Å². The van der Waals surface area contributed by atoms with Gasteiger partial charge in [0.15, 0.2) is 0 Å². The molecule has 0 saturated carbocycles. The van der Waals surface area contributed by atoms with Gasteiger partial charge in [-0.25, -0.2) is 0 Å². The van der Waals surface area contributed by atoms with Gasteiger partial charge >= 0.3 is 0 Å². The predicted octanol–water partition coefficient (Wildman–Crippen LogP) is 0.230. The summed E-state index contributed by atoms with van der Waals surface area (Å²) in [5, 5.41) is 9.71. The standard InChI is InChI=1S/C8H16O3S2/c1-6(2)7(9)8-12(10)4-3-5-13(8)11/h6-9H,3-5H2,1-2H3/t7-,8?,12?,13?/m0/s1. The maximum absolute atomic E-state index is 11.5. The molecule has 3 nitrogen and oxygen atoms in total. The first-order valence-electron chi connectivity index (χ1n) is 4.46. The maximum Gasteiger partial charge on any atom is 0.136 e. The van der Waals surface area contributed by atoms with Gasteiger partial charge in [-0.05, 0) is 12.3 Å². The molecule has 0 aliphatic carbocycles. The fourth-order valence-corrected chi connectivity index (χ4v) is 5.61. The van der Waals surface area contributed by atoms with Crippen LogP contribution in [0.5, 0.6) is 0 Å². The van der Waals surface area contributed by atoms with E-state index in [0.717, 1.165) is 6.42 Å². The molecule has 0 spiro atoms. The van der Waals surface area contributed by atoms with E-state index in [9.17, 15) is 13.5 Å². The van der Waals surface area contributed by atoms with E-state index in [4.69, 9.17) is 0 Å². The average Bonchev–Trinajstić information content (AvgIpc) is 2.03. The van der Waals surface area contributed by atoms with E-state index in [0.29, 0.717) is 11.5 Å². The molecule has 1 aliphatic heterocycles. The van der Waals surface area contributed by atoms with Crippen molar-refractivity contribution in [2.75, 3.05) is 11.5 Å². The third-order valence-electron chi connectivity index (χ3n) is 2.17. The summed E-state index contributed by atoms with van der Waals surface area (Å²) >= 11 is 0. The molecule has 1 heterocycles. The molecule has 1 aliphatic rings. The second-order valence-corrected chi connectivity index (χ2v) is 7.28. The molecular weight excluding hydrogens is 208 g/mol. The Hall–Kier alpha value is 0.260. The Morgan fingerprint density at radius 2 is 1.69 bits per heavy atom. The van der Waals surface area contributed by atoms with Crippen LogP contribution in [0.4, 0.5) is 0 Å². The van der Waals surface area contributed by atoms with Gasteiger partial charge in [0, 0.05) is 33.1 Å². The van der Waals surface area contributed by atoms with Crippen LogP contribution in [-0.2, 0) is 21.6 Å². The van der Waals surface area contributed by atoms with Gasteiger partial charge in [0.25, 0.3) is 0 Å². The van der Waals surface area contributed by atoms with Gasteiger partial charge in [0.1, 0.15) is 4.58 Å². The summed E-state index contributed by atoms with van der Waals surface area (Å²) in [5.41, 5.74) is 0. The highest BCUT2D eigenvalue weighted by molar-refractivity contribution is 8.03. The monoisotopic (exact) mass is 224 g/mol. The first kappa shape index (κ1) is 11.3. The summed E-state index contributed by atoms with van der Waals surface area (Å²) in [4.78, 5) is 0. The Kier molecular flexibility index (Phi) is 4.06. The van der Waals surface area contributed by atoms with Crippen LogP contribution in [0.25, 0.3) is 0 Å². The maximum atomic E-state index is 11.5. The molecule has 0 bridgehead atoms.